The van der Waals surface area contributed by atoms with E-state index in [2.05, 4.69) is 72.7 Å². The molecule has 0 saturated carbocycles. The topological polar surface area (TPSA) is 40.0 Å². The molecule has 0 saturated heterocycles. The fourth-order valence-electron chi connectivity index (χ4n) is 3.49. The SMILES string of the molecule is CN1C(C)(C)N=C(SCCCCSC2=NC(C)(C)NC2(C)C)C1(C)C. The van der Waals surface area contributed by atoms with Gasteiger partial charge in [-0.3, -0.25) is 20.2 Å². The van der Waals surface area contributed by atoms with E-state index in [0.717, 1.165) is 11.5 Å². The van der Waals surface area contributed by atoms with Gasteiger partial charge in [0, 0.05) is 0 Å². The first-order valence-corrected chi connectivity index (χ1v) is 11.2. The summed E-state index contributed by atoms with van der Waals surface area (Å²) < 4.78 is 0. The number of rotatable bonds is 5. The van der Waals surface area contributed by atoms with E-state index in [1.807, 2.05) is 23.5 Å². The second-order valence-electron chi connectivity index (χ2n) is 9.16. The van der Waals surface area contributed by atoms with E-state index < -0.39 is 0 Å². The number of nitrogens with one attached hydrogen (secondary N) is 1. The third-order valence-electron chi connectivity index (χ3n) is 5.11. The van der Waals surface area contributed by atoms with Gasteiger partial charge in [0.25, 0.3) is 0 Å². The standard InChI is InChI=1S/C19H36N4S2/c1-16(2)14(20-18(5,6)22-16)24-12-10-11-13-25-15-17(3,4)23(9)19(7,8)21-15/h22H,10-13H2,1-9H3. The smallest absolute Gasteiger partial charge is 0.109 e. The van der Waals surface area contributed by atoms with Crippen molar-refractivity contribution in [3.8, 4) is 0 Å². The molecule has 25 heavy (non-hydrogen) atoms. The zero-order valence-corrected chi connectivity index (χ0v) is 19.1. The highest BCUT2D eigenvalue weighted by atomic mass is 32.2. The molecule has 2 rings (SSSR count). The molecule has 4 nitrogen and oxygen atoms in total. The van der Waals surface area contributed by atoms with Crippen LogP contribution < -0.4 is 5.32 Å². The summed E-state index contributed by atoms with van der Waals surface area (Å²) >= 11 is 3.85. The van der Waals surface area contributed by atoms with Crippen LogP contribution in [0.4, 0.5) is 0 Å². The van der Waals surface area contributed by atoms with Crippen LogP contribution in [0.3, 0.4) is 0 Å². The molecule has 0 bridgehead atoms. The van der Waals surface area contributed by atoms with Crippen LogP contribution >= 0.6 is 23.5 Å². The molecule has 0 aromatic rings. The average molecular weight is 385 g/mol. The predicted molar refractivity (Wildman–Crippen MR) is 116 cm³/mol. The number of nitrogens with zero attached hydrogens (tertiary/aromatic N) is 3. The van der Waals surface area contributed by atoms with Crippen LogP contribution in [0.5, 0.6) is 0 Å². The van der Waals surface area contributed by atoms with Crippen LogP contribution in [-0.2, 0) is 0 Å². The largest absolute Gasteiger partial charge is 0.283 e. The lowest BCUT2D eigenvalue weighted by atomic mass is 10.0. The summed E-state index contributed by atoms with van der Waals surface area (Å²) in [6, 6.07) is 0. The Morgan fingerprint density at radius 2 is 1.36 bits per heavy atom. The molecule has 0 aliphatic carbocycles. The van der Waals surface area contributed by atoms with Gasteiger partial charge in [-0.05, 0) is 86.8 Å². The molecular formula is C19H36N4S2. The van der Waals surface area contributed by atoms with Crippen LogP contribution in [0.2, 0.25) is 0 Å². The summed E-state index contributed by atoms with van der Waals surface area (Å²) in [6.07, 6.45) is 2.45. The van der Waals surface area contributed by atoms with E-state index in [0.29, 0.717) is 0 Å². The molecule has 0 aromatic carbocycles. The molecular weight excluding hydrogens is 348 g/mol. The van der Waals surface area contributed by atoms with Crippen molar-refractivity contribution in [1.29, 1.82) is 0 Å². The summed E-state index contributed by atoms with van der Waals surface area (Å²) in [5.74, 6) is 2.29. The molecule has 0 fully saturated rings. The summed E-state index contributed by atoms with van der Waals surface area (Å²) in [4.78, 5) is 12.1. The van der Waals surface area contributed by atoms with Gasteiger partial charge in [0.2, 0.25) is 0 Å². The summed E-state index contributed by atoms with van der Waals surface area (Å²) in [7, 11) is 2.17. The Hall–Kier alpha value is -0.0400. The van der Waals surface area contributed by atoms with Gasteiger partial charge in [-0.15, -0.1) is 23.5 Å². The van der Waals surface area contributed by atoms with E-state index >= 15 is 0 Å². The van der Waals surface area contributed by atoms with Crippen molar-refractivity contribution >= 4 is 33.6 Å². The van der Waals surface area contributed by atoms with Crippen molar-refractivity contribution in [3.05, 3.63) is 0 Å². The van der Waals surface area contributed by atoms with E-state index in [-0.39, 0.29) is 22.4 Å². The second-order valence-corrected chi connectivity index (χ2v) is 11.3. The summed E-state index contributed by atoms with van der Waals surface area (Å²) in [5, 5.41) is 6.10. The predicted octanol–water partition coefficient (Wildman–Crippen LogP) is 4.61. The van der Waals surface area contributed by atoms with Gasteiger partial charge in [-0.25, -0.2) is 0 Å². The van der Waals surface area contributed by atoms with Crippen LogP contribution in [0.25, 0.3) is 0 Å². The Balaban J connectivity index is 1.73. The van der Waals surface area contributed by atoms with Crippen LogP contribution in [0, 0.1) is 0 Å². The molecule has 0 radical (unpaired) electrons. The number of aliphatic imine (C=N–C) groups is 2. The van der Waals surface area contributed by atoms with Crippen molar-refractivity contribution in [1.82, 2.24) is 10.2 Å². The summed E-state index contributed by atoms with van der Waals surface area (Å²) in [6.45, 7) is 17.7. The average Bonchev–Trinajstić information content (AvgIpc) is 2.75. The molecule has 0 unspecified atom stereocenters. The lowest BCUT2D eigenvalue weighted by Gasteiger charge is -2.36. The Kier molecular flexibility index (Phi) is 6.10. The maximum absolute atomic E-state index is 4.94. The van der Waals surface area contributed by atoms with Gasteiger partial charge < -0.3 is 0 Å². The second kappa shape index (κ2) is 7.17. The Morgan fingerprint density at radius 3 is 1.76 bits per heavy atom. The highest BCUT2D eigenvalue weighted by Gasteiger charge is 2.44. The van der Waals surface area contributed by atoms with Gasteiger partial charge in [-0.1, -0.05) is 0 Å². The van der Waals surface area contributed by atoms with Gasteiger partial charge in [0.05, 0.1) is 21.2 Å². The molecule has 144 valence electrons. The zero-order valence-electron chi connectivity index (χ0n) is 17.5. The fourth-order valence-corrected chi connectivity index (χ4v) is 6.06. The van der Waals surface area contributed by atoms with Crippen molar-refractivity contribution in [2.24, 2.45) is 9.98 Å². The molecule has 0 amide bonds. The minimum absolute atomic E-state index is 0.00167. The molecule has 0 aromatic heterocycles. The zero-order chi connectivity index (χ0) is 19.1. The van der Waals surface area contributed by atoms with Gasteiger partial charge in [0.1, 0.15) is 11.3 Å². The minimum atomic E-state index is -0.132. The highest BCUT2D eigenvalue weighted by Crippen LogP contribution is 2.37. The Bertz CT molecular complexity index is 562. The van der Waals surface area contributed by atoms with E-state index in [4.69, 9.17) is 9.98 Å². The number of unbranched alkanes of at least 4 members (excludes halogenated alkanes) is 1. The maximum atomic E-state index is 4.94. The first-order chi connectivity index (χ1) is 11.3. The van der Waals surface area contributed by atoms with Crippen molar-refractivity contribution in [3.63, 3.8) is 0 Å². The van der Waals surface area contributed by atoms with Crippen LogP contribution in [-0.4, -0.2) is 55.9 Å². The lowest BCUT2D eigenvalue weighted by Crippen LogP contribution is -2.48. The number of hydrogen-bond acceptors (Lipinski definition) is 6. The minimum Gasteiger partial charge on any atom is -0.283 e. The third-order valence-corrected chi connectivity index (χ3v) is 7.83. The van der Waals surface area contributed by atoms with E-state index in [9.17, 15) is 0 Å². The molecule has 0 atom stereocenters. The molecule has 2 aliphatic rings. The van der Waals surface area contributed by atoms with E-state index in [1.165, 1.54) is 22.9 Å². The molecule has 6 heteroatoms. The molecule has 2 heterocycles. The molecule has 2 aliphatic heterocycles. The van der Waals surface area contributed by atoms with Crippen LogP contribution in [0.15, 0.2) is 9.98 Å². The van der Waals surface area contributed by atoms with Gasteiger partial charge in [0.15, 0.2) is 0 Å². The lowest BCUT2D eigenvalue weighted by molar-refractivity contribution is 0.121. The van der Waals surface area contributed by atoms with Crippen molar-refractivity contribution < 1.29 is 0 Å². The number of hydrogen-bond donors (Lipinski definition) is 1. The normalized spacial score (nSPS) is 26.6. The Morgan fingerprint density at radius 1 is 0.840 bits per heavy atom. The maximum Gasteiger partial charge on any atom is 0.109 e. The Labute approximate surface area is 163 Å². The first kappa shape index (κ1) is 21.3. The van der Waals surface area contributed by atoms with Crippen LogP contribution in [0.1, 0.15) is 68.2 Å². The number of thioether (sulfide) groups is 2. The monoisotopic (exact) mass is 384 g/mol. The van der Waals surface area contributed by atoms with Gasteiger partial charge >= 0.3 is 0 Å². The first-order valence-electron chi connectivity index (χ1n) is 9.27. The molecule has 0 spiro atoms. The molecule has 1 N–H and O–H groups in total. The highest BCUT2D eigenvalue weighted by molar-refractivity contribution is 8.14. The third kappa shape index (κ3) is 4.82. The van der Waals surface area contributed by atoms with Crippen molar-refractivity contribution in [2.75, 3.05) is 18.6 Å². The van der Waals surface area contributed by atoms with E-state index in [1.54, 1.807) is 0 Å². The quantitative estimate of drug-likeness (QED) is 0.703. The van der Waals surface area contributed by atoms with Gasteiger partial charge in [-0.2, -0.15) is 0 Å². The summed E-state index contributed by atoms with van der Waals surface area (Å²) in [5.41, 5.74) is -0.176. The fraction of sp³-hybridized carbons (Fsp3) is 0.895. The van der Waals surface area contributed by atoms with Crippen molar-refractivity contribution in [2.45, 2.75) is 90.6 Å².